The number of nitrogens with one attached hydrogen (secondary N) is 1. The monoisotopic (exact) mass is 256 g/mol. The summed E-state index contributed by atoms with van der Waals surface area (Å²) in [4.78, 5) is 36.1. The van der Waals surface area contributed by atoms with Crippen LogP contribution in [0.5, 0.6) is 0 Å². The quantitative estimate of drug-likeness (QED) is 0.682. The highest BCUT2D eigenvalue weighted by Crippen LogP contribution is 2.42. The zero-order chi connectivity index (χ0) is 13.9. The number of nitrogens with zero attached hydrogens (tertiary/aromatic N) is 1. The van der Waals surface area contributed by atoms with E-state index in [9.17, 15) is 14.4 Å². The molecule has 0 heterocycles. The topological polar surface area (TPSA) is 86.7 Å². The standard InChI is InChI=1S/C12H20N2O4/c1-8(9(15)13-2)7-14(3)10(16)12(11(17)18)5-4-6-12/h8H,4-7H2,1-3H3,(H,13,15)(H,17,18). The second-order valence-corrected chi connectivity index (χ2v) is 4.94. The SMILES string of the molecule is CNC(=O)C(C)CN(C)C(=O)C1(C(=O)O)CCC1. The molecule has 102 valence electrons. The van der Waals surface area contributed by atoms with Crippen molar-refractivity contribution in [3.05, 3.63) is 0 Å². The van der Waals surface area contributed by atoms with Crippen LogP contribution in [0.15, 0.2) is 0 Å². The third-order valence-corrected chi connectivity index (χ3v) is 3.61. The Morgan fingerprint density at radius 2 is 1.94 bits per heavy atom. The van der Waals surface area contributed by atoms with Crippen molar-refractivity contribution in [1.82, 2.24) is 10.2 Å². The molecule has 1 atom stereocenters. The molecule has 2 N–H and O–H groups in total. The zero-order valence-corrected chi connectivity index (χ0v) is 11.0. The van der Waals surface area contributed by atoms with Crippen LogP contribution in [-0.2, 0) is 14.4 Å². The van der Waals surface area contributed by atoms with Crippen LogP contribution in [0.1, 0.15) is 26.2 Å². The van der Waals surface area contributed by atoms with Gasteiger partial charge < -0.3 is 15.3 Å². The number of carboxylic acid groups (broad SMARTS) is 1. The van der Waals surface area contributed by atoms with Gasteiger partial charge in [-0.15, -0.1) is 0 Å². The number of amides is 2. The number of rotatable bonds is 5. The van der Waals surface area contributed by atoms with Gasteiger partial charge in [-0.2, -0.15) is 0 Å². The van der Waals surface area contributed by atoms with Crippen LogP contribution in [0.4, 0.5) is 0 Å². The lowest BCUT2D eigenvalue weighted by Crippen LogP contribution is -2.52. The molecule has 6 nitrogen and oxygen atoms in total. The van der Waals surface area contributed by atoms with Crippen LogP contribution in [0.2, 0.25) is 0 Å². The summed E-state index contributed by atoms with van der Waals surface area (Å²) < 4.78 is 0. The Bertz CT molecular complexity index is 363. The van der Waals surface area contributed by atoms with Crippen molar-refractivity contribution in [3.8, 4) is 0 Å². The minimum atomic E-state index is -1.25. The summed E-state index contributed by atoms with van der Waals surface area (Å²) in [5.41, 5.74) is -1.25. The number of carboxylic acids is 1. The predicted octanol–water partition coefficient (Wildman–Crippen LogP) is 0.0818. The van der Waals surface area contributed by atoms with E-state index in [-0.39, 0.29) is 18.4 Å². The first-order valence-corrected chi connectivity index (χ1v) is 6.05. The average Bonchev–Trinajstić information content (AvgIpc) is 2.25. The smallest absolute Gasteiger partial charge is 0.319 e. The van der Waals surface area contributed by atoms with Crippen molar-refractivity contribution in [1.29, 1.82) is 0 Å². The van der Waals surface area contributed by atoms with Crippen LogP contribution in [0.25, 0.3) is 0 Å². The number of hydrogen-bond donors (Lipinski definition) is 2. The number of hydrogen-bond acceptors (Lipinski definition) is 3. The molecule has 0 aromatic carbocycles. The van der Waals surface area contributed by atoms with Crippen LogP contribution >= 0.6 is 0 Å². The Labute approximate surface area is 106 Å². The second-order valence-electron chi connectivity index (χ2n) is 4.94. The second kappa shape index (κ2) is 5.37. The van der Waals surface area contributed by atoms with E-state index in [4.69, 9.17) is 5.11 Å². The molecule has 6 heteroatoms. The number of aliphatic carboxylic acids is 1. The van der Waals surface area contributed by atoms with E-state index in [0.29, 0.717) is 12.8 Å². The van der Waals surface area contributed by atoms with E-state index in [1.54, 1.807) is 14.0 Å². The molecule has 1 unspecified atom stereocenters. The molecule has 1 rings (SSSR count). The molecular weight excluding hydrogens is 236 g/mol. The van der Waals surface area contributed by atoms with Gasteiger partial charge >= 0.3 is 5.97 Å². The van der Waals surface area contributed by atoms with E-state index >= 15 is 0 Å². The number of carbonyl (C=O) groups is 3. The molecule has 0 radical (unpaired) electrons. The van der Waals surface area contributed by atoms with Crippen LogP contribution < -0.4 is 5.32 Å². The van der Waals surface area contributed by atoms with Gasteiger partial charge in [-0.3, -0.25) is 14.4 Å². The summed E-state index contributed by atoms with van der Waals surface area (Å²) in [7, 11) is 3.08. The molecule has 18 heavy (non-hydrogen) atoms. The van der Waals surface area contributed by atoms with Gasteiger partial charge in [-0.25, -0.2) is 0 Å². The van der Waals surface area contributed by atoms with Crippen molar-refractivity contribution in [2.45, 2.75) is 26.2 Å². The van der Waals surface area contributed by atoms with Gasteiger partial charge in [0.05, 0.1) is 5.92 Å². The van der Waals surface area contributed by atoms with Gasteiger partial charge in [0.25, 0.3) is 0 Å². The van der Waals surface area contributed by atoms with Gasteiger partial charge in [0, 0.05) is 20.6 Å². The Hall–Kier alpha value is -1.59. The van der Waals surface area contributed by atoms with E-state index in [1.165, 1.54) is 11.9 Å². The van der Waals surface area contributed by atoms with Crippen LogP contribution in [0.3, 0.4) is 0 Å². The zero-order valence-electron chi connectivity index (χ0n) is 11.0. The van der Waals surface area contributed by atoms with Crippen molar-refractivity contribution in [3.63, 3.8) is 0 Å². The lowest BCUT2D eigenvalue weighted by molar-refractivity contribution is -0.167. The normalized spacial score (nSPS) is 18.4. The Morgan fingerprint density at radius 3 is 2.28 bits per heavy atom. The minimum absolute atomic E-state index is 0.160. The first-order valence-electron chi connectivity index (χ1n) is 6.05. The summed E-state index contributed by atoms with van der Waals surface area (Å²) in [5, 5.41) is 11.7. The molecular formula is C12H20N2O4. The molecule has 1 fully saturated rings. The van der Waals surface area contributed by atoms with Crippen molar-refractivity contribution in [2.75, 3.05) is 20.6 Å². The third kappa shape index (κ3) is 2.47. The van der Waals surface area contributed by atoms with Crippen molar-refractivity contribution in [2.24, 2.45) is 11.3 Å². The highest BCUT2D eigenvalue weighted by Gasteiger charge is 2.52. The highest BCUT2D eigenvalue weighted by molar-refractivity contribution is 6.02. The lowest BCUT2D eigenvalue weighted by Gasteiger charge is -2.39. The predicted molar refractivity (Wildman–Crippen MR) is 64.8 cm³/mol. The minimum Gasteiger partial charge on any atom is -0.480 e. The Kier molecular flexibility index (Phi) is 4.32. The first-order chi connectivity index (χ1) is 8.35. The van der Waals surface area contributed by atoms with E-state index in [1.807, 2.05) is 0 Å². The Morgan fingerprint density at radius 1 is 1.39 bits per heavy atom. The fraction of sp³-hybridized carbons (Fsp3) is 0.750. The summed E-state index contributed by atoms with van der Waals surface area (Å²) >= 11 is 0. The van der Waals surface area contributed by atoms with E-state index in [0.717, 1.165) is 6.42 Å². The van der Waals surface area contributed by atoms with Gasteiger partial charge in [0.2, 0.25) is 11.8 Å². The van der Waals surface area contributed by atoms with Crippen LogP contribution in [0, 0.1) is 11.3 Å². The van der Waals surface area contributed by atoms with Gasteiger partial charge in [-0.05, 0) is 12.8 Å². The van der Waals surface area contributed by atoms with Crippen molar-refractivity contribution >= 4 is 17.8 Å². The molecule has 0 bridgehead atoms. The molecule has 0 aromatic rings. The van der Waals surface area contributed by atoms with Gasteiger partial charge in [-0.1, -0.05) is 13.3 Å². The van der Waals surface area contributed by atoms with Crippen molar-refractivity contribution < 1.29 is 19.5 Å². The summed E-state index contributed by atoms with van der Waals surface area (Å²) in [6, 6.07) is 0. The fourth-order valence-electron chi connectivity index (χ4n) is 2.24. The van der Waals surface area contributed by atoms with E-state index in [2.05, 4.69) is 5.32 Å². The largest absolute Gasteiger partial charge is 0.480 e. The van der Waals surface area contributed by atoms with Crippen LogP contribution in [-0.4, -0.2) is 48.4 Å². The molecule has 1 aliphatic rings. The molecule has 2 amide bonds. The Balaban J connectivity index is 2.67. The fourth-order valence-corrected chi connectivity index (χ4v) is 2.24. The maximum absolute atomic E-state index is 12.1. The molecule has 1 aliphatic carbocycles. The summed E-state index contributed by atoms with van der Waals surface area (Å²) in [6.07, 6.45) is 1.54. The molecule has 0 aromatic heterocycles. The molecule has 0 aliphatic heterocycles. The maximum Gasteiger partial charge on any atom is 0.319 e. The highest BCUT2D eigenvalue weighted by atomic mass is 16.4. The lowest BCUT2D eigenvalue weighted by atomic mass is 9.68. The van der Waals surface area contributed by atoms with Gasteiger partial charge in [0.1, 0.15) is 5.41 Å². The maximum atomic E-state index is 12.1. The van der Waals surface area contributed by atoms with E-state index < -0.39 is 17.3 Å². The molecule has 0 saturated heterocycles. The molecule has 1 saturated carbocycles. The molecule has 0 spiro atoms. The van der Waals surface area contributed by atoms with Gasteiger partial charge in [0.15, 0.2) is 0 Å². The number of carbonyl (C=O) groups excluding carboxylic acids is 2. The average molecular weight is 256 g/mol. The third-order valence-electron chi connectivity index (χ3n) is 3.61. The summed E-state index contributed by atoms with van der Waals surface area (Å²) in [5.74, 6) is -1.96. The first kappa shape index (κ1) is 14.5. The summed E-state index contributed by atoms with van der Waals surface area (Å²) in [6.45, 7) is 1.93.